The lowest BCUT2D eigenvalue weighted by Gasteiger charge is -1.99. The number of nitrogens with two attached hydrogens (primary N) is 1. The van der Waals surface area contributed by atoms with Gasteiger partial charge in [-0.2, -0.15) is 4.80 Å². The second-order valence-corrected chi connectivity index (χ2v) is 4.04. The van der Waals surface area contributed by atoms with E-state index in [-0.39, 0.29) is 0 Å². The predicted molar refractivity (Wildman–Crippen MR) is 70.2 cm³/mol. The number of hydrogen-bond donors (Lipinski definition) is 3. The van der Waals surface area contributed by atoms with E-state index < -0.39 is 0 Å². The molecule has 0 saturated carbocycles. The number of fused-ring (bicyclic) bond motifs is 1. The quantitative estimate of drug-likeness (QED) is 0.591. The molecule has 3 aromatic rings. The van der Waals surface area contributed by atoms with E-state index in [1.807, 2.05) is 18.2 Å². The Labute approximate surface area is 107 Å². The highest BCUT2D eigenvalue weighted by atomic mass is 16.1. The van der Waals surface area contributed by atoms with Gasteiger partial charge in [0.05, 0.1) is 12.7 Å². The third-order valence-electron chi connectivity index (χ3n) is 2.80. The summed E-state index contributed by atoms with van der Waals surface area (Å²) in [6, 6.07) is 5.57. The molecule has 1 amide bonds. The second-order valence-electron chi connectivity index (χ2n) is 4.04. The SMILES string of the molecule is Cn1nnc(-c2ccc3[nH]c(N)c(NC=O)c3c2)n1. The zero-order chi connectivity index (χ0) is 13.4. The van der Waals surface area contributed by atoms with Crippen molar-refractivity contribution in [1.82, 2.24) is 25.2 Å². The number of H-pyrrole nitrogens is 1. The molecule has 0 fully saturated rings. The molecule has 0 bridgehead atoms. The summed E-state index contributed by atoms with van der Waals surface area (Å²) in [6.45, 7) is 0. The molecule has 0 atom stereocenters. The van der Waals surface area contributed by atoms with Crippen LogP contribution in [-0.2, 0) is 11.8 Å². The molecule has 0 spiro atoms. The molecular formula is C11H11N7O. The number of tetrazole rings is 1. The highest BCUT2D eigenvalue weighted by Crippen LogP contribution is 2.31. The van der Waals surface area contributed by atoms with Crippen molar-refractivity contribution >= 4 is 28.8 Å². The third kappa shape index (κ3) is 1.79. The fourth-order valence-corrected chi connectivity index (χ4v) is 1.97. The Kier molecular flexibility index (Phi) is 2.41. The van der Waals surface area contributed by atoms with Crippen molar-refractivity contribution in [2.45, 2.75) is 0 Å². The Balaban J connectivity index is 2.18. The molecule has 0 unspecified atom stereocenters. The average molecular weight is 257 g/mol. The number of nitrogen functional groups attached to an aromatic ring is 1. The molecule has 0 aliphatic carbocycles. The largest absolute Gasteiger partial charge is 0.384 e. The number of hydrogen-bond acceptors (Lipinski definition) is 5. The van der Waals surface area contributed by atoms with Gasteiger partial charge in [-0.15, -0.1) is 10.2 Å². The number of aryl methyl sites for hydroxylation is 1. The Hall–Kier alpha value is -2.90. The Morgan fingerprint density at radius 3 is 3.00 bits per heavy atom. The van der Waals surface area contributed by atoms with Gasteiger partial charge >= 0.3 is 0 Å². The van der Waals surface area contributed by atoms with E-state index in [1.54, 1.807) is 7.05 Å². The lowest BCUT2D eigenvalue weighted by atomic mass is 10.1. The van der Waals surface area contributed by atoms with Crippen LogP contribution in [-0.4, -0.2) is 31.6 Å². The van der Waals surface area contributed by atoms with Gasteiger partial charge in [-0.3, -0.25) is 4.79 Å². The average Bonchev–Trinajstić information content (AvgIpc) is 2.95. The van der Waals surface area contributed by atoms with Crippen LogP contribution in [0.2, 0.25) is 0 Å². The van der Waals surface area contributed by atoms with Gasteiger partial charge in [-0.05, 0) is 23.4 Å². The summed E-state index contributed by atoms with van der Waals surface area (Å²) < 4.78 is 0. The summed E-state index contributed by atoms with van der Waals surface area (Å²) in [4.78, 5) is 15.0. The topological polar surface area (TPSA) is 115 Å². The lowest BCUT2D eigenvalue weighted by Crippen LogP contribution is -1.96. The number of aromatic nitrogens is 5. The van der Waals surface area contributed by atoms with Gasteiger partial charge in [0.2, 0.25) is 12.2 Å². The minimum atomic E-state index is 0.409. The van der Waals surface area contributed by atoms with Gasteiger partial charge in [0, 0.05) is 16.5 Å². The first kappa shape index (κ1) is 11.2. The number of nitrogens with zero attached hydrogens (tertiary/aromatic N) is 4. The lowest BCUT2D eigenvalue weighted by molar-refractivity contribution is -0.105. The zero-order valence-corrected chi connectivity index (χ0v) is 10.1. The van der Waals surface area contributed by atoms with Crippen LogP contribution in [0.15, 0.2) is 18.2 Å². The third-order valence-corrected chi connectivity index (χ3v) is 2.80. The molecule has 19 heavy (non-hydrogen) atoms. The summed E-state index contributed by atoms with van der Waals surface area (Å²) in [5, 5.41) is 15.3. The molecule has 4 N–H and O–H groups in total. The van der Waals surface area contributed by atoms with Crippen molar-refractivity contribution in [3.8, 4) is 11.4 Å². The van der Waals surface area contributed by atoms with Gasteiger partial charge in [0.15, 0.2) is 0 Å². The predicted octanol–water partition coefficient (Wildman–Crippen LogP) is 0.509. The van der Waals surface area contributed by atoms with Crippen LogP contribution in [0.4, 0.5) is 11.5 Å². The van der Waals surface area contributed by atoms with Crippen molar-refractivity contribution in [2.75, 3.05) is 11.1 Å². The number of carbonyl (C=O) groups is 1. The van der Waals surface area contributed by atoms with E-state index in [2.05, 4.69) is 25.7 Å². The molecule has 2 aromatic heterocycles. The van der Waals surface area contributed by atoms with Crippen molar-refractivity contribution < 1.29 is 4.79 Å². The van der Waals surface area contributed by atoms with Crippen LogP contribution in [0.5, 0.6) is 0 Å². The standard InChI is InChI=1S/C11H11N7O/c1-18-16-11(15-17-18)6-2-3-8-7(4-6)9(13-5-19)10(12)14-8/h2-5,14H,12H2,1H3,(H,13,19). The summed E-state index contributed by atoms with van der Waals surface area (Å²) in [5.41, 5.74) is 7.99. The zero-order valence-electron chi connectivity index (χ0n) is 10.1. The summed E-state index contributed by atoms with van der Waals surface area (Å²) in [7, 11) is 1.70. The van der Waals surface area contributed by atoms with Crippen LogP contribution in [0.25, 0.3) is 22.3 Å². The maximum Gasteiger partial charge on any atom is 0.211 e. The molecule has 0 radical (unpaired) electrons. The van der Waals surface area contributed by atoms with E-state index in [4.69, 9.17) is 5.73 Å². The molecular weight excluding hydrogens is 246 g/mol. The molecule has 2 heterocycles. The first-order valence-corrected chi connectivity index (χ1v) is 5.55. The minimum absolute atomic E-state index is 0.409. The van der Waals surface area contributed by atoms with Crippen LogP contribution >= 0.6 is 0 Å². The second kappa shape index (κ2) is 4.09. The van der Waals surface area contributed by atoms with Crippen molar-refractivity contribution in [2.24, 2.45) is 7.05 Å². The van der Waals surface area contributed by atoms with Crippen LogP contribution < -0.4 is 11.1 Å². The van der Waals surface area contributed by atoms with Gasteiger partial charge < -0.3 is 16.0 Å². The van der Waals surface area contributed by atoms with Crippen LogP contribution in [0.3, 0.4) is 0 Å². The maximum absolute atomic E-state index is 10.6. The van der Waals surface area contributed by atoms with E-state index in [0.717, 1.165) is 16.5 Å². The maximum atomic E-state index is 10.6. The van der Waals surface area contributed by atoms with Crippen LogP contribution in [0, 0.1) is 0 Å². The summed E-state index contributed by atoms with van der Waals surface area (Å²) in [6.07, 6.45) is 0.590. The molecule has 0 saturated heterocycles. The molecule has 8 nitrogen and oxygen atoms in total. The number of anilines is 2. The van der Waals surface area contributed by atoms with E-state index in [0.29, 0.717) is 23.7 Å². The number of carbonyl (C=O) groups excluding carboxylic acids is 1. The van der Waals surface area contributed by atoms with Gasteiger partial charge in [0.1, 0.15) is 5.82 Å². The van der Waals surface area contributed by atoms with E-state index >= 15 is 0 Å². The Bertz CT molecular complexity index is 758. The highest BCUT2D eigenvalue weighted by molar-refractivity contribution is 6.03. The minimum Gasteiger partial charge on any atom is -0.384 e. The number of nitrogens with one attached hydrogen (secondary N) is 2. The van der Waals surface area contributed by atoms with Gasteiger partial charge in [-0.1, -0.05) is 0 Å². The first-order valence-electron chi connectivity index (χ1n) is 5.55. The molecule has 3 rings (SSSR count). The highest BCUT2D eigenvalue weighted by Gasteiger charge is 2.11. The fourth-order valence-electron chi connectivity index (χ4n) is 1.97. The smallest absolute Gasteiger partial charge is 0.211 e. The normalized spacial score (nSPS) is 10.8. The van der Waals surface area contributed by atoms with Gasteiger partial charge in [0.25, 0.3) is 0 Å². The van der Waals surface area contributed by atoms with Gasteiger partial charge in [-0.25, -0.2) is 0 Å². The molecule has 1 aromatic carbocycles. The van der Waals surface area contributed by atoms with Crippen molar-refractivity contribution in [3.63, 3.8) is 0 Å². The number of benzene rings is 1. The van der Waals surface area contributed by atoms with Crippen molar-refractivity contribution in [3.05, 3.63) is 18.2 Å². The van der Waals surface area contributed by atoms with Crippen LogP contribution in [0.1, 0.15) is 0 Å². The van der Waals surface area contributed by atoms with E-state index in [9.17, 15) is 4.79 Å². The Morgan fingerprint density at radius 2 is 2.32 bits per heavy atom. The monoisotopic (exact) mass is 257 g/mol. The fraction of sp³-hybridized carbons (Fsp3) is 0.0909. The first-order chi connectivity index (χ1) is 9.19. The Morgan fingerprint density at radius 1 is 1.47 bits per heavy atom. The number of rotatable bonds is 3. The molecule has 0 aliphatic rings. The molecule has 96 valence electrons. The number of aromatic amines is 1. The number of amides is 1. The summed E-state index contributed by atoms with van der Waals surface area (Å²) >= 11 is 0. The van der Waals surface area contributed by atoms with Crippen molar-refractivity contribution in [1.29, 1.82) is 0 Å². The molecule has 0 aliphatic heterocycles. The van der Waals surface area contributed by atoms with E-state index in [1.165, 1.54) is 4.80 Å². The molecule has 8 heteroatoms. The summed E-state index contributed by atoms with van der Waals surface area (Å²) in [5.74, 6) is 0.924.